The average molecular weight is 935 g/mol. The molecule has 0 spiro atoms. The lowest BCUT2D eigenvalue weighted by Crippen LogP contribution is -2.47. The lowest BCUT2D eigenvalue weighted by molar-refractivity contribution is -0.133. The van der Waals surface area contributed by atoms with Gasteiger partial charge >= 0.3 is 0 Å². The summed E-state index contributed by atoms with van der Waals surface area (Å²) in [6.45, 7) is 13.2. The van der Waals surface area contributed by atoms with Gasteiger partial charge in [-0.3, -0.25) is 29.6 Å². The number of nitrogens with zero attached hydrogens (tertiary/aromatic N) is 5. The molecule has 5 aliphatic rings. The number of carbonyl (C=O) groups excluding carboxylic acids is 3. The highest BCUT2D eigenvalue weighted by atomic mass is 19.1. The van der Waals surface area contributed by atoms with Crippen LogP contribution in [0.15, 0.2) is 78.5 Å². The summed E-state index contributed by atoms with van der Waals surface area (Å²) in [5.41, 5.74) is 11.6. The Balaban J connectivity index is 0.680. The first kappa shape index (κ1) is 46.9. The number of methoxy groups -OCH3 is 1. The van der Waals surface area contributed by atoms with Gasteiger partial charge in [0.15, 0.2) is 0 Å². The van der Waals surface area contributed by atoms with Gasteiger partial charge in [-0.2, -0.15) is 0 Å². The van der Waals surface area contributed by atoms with Crippen LogP contribution in [0.3, 0.4) is 0 Å². The number of hydrogen-bond donors (Lipinski definition) is 3. The quantitative estimate of drug-likeness (QED) is 0.105. The van der Waals surface area contributed by atoms with Gasteiger partial charge in [0, 0.05) is 67.9 Å². The average Bonchev–Trinajstić information content (AvgIpc) is 3.81. The number of halogens is 1. The Morgan fingerprint density at radius 1 is 0.884 bits per heavy atom. The van der Waals surface area contributed by atoms with Crippen molar-refractivity contribution in [1.82, 2.24) is 35.0 Å². The van der Waals surface area contributed by atoms with Gasteiger partial charge in [-0.1, -0.05) is 37.3 Å². The van der Waals surface area contributed by atoms with Crippen LogP contribution in [0.5, 0.6) is 0 Å². The van der Waals surface area contributed by atoms with Gasteiger partial charge in [0.25, 0.3) is 5.91 Å². The first-order chi connectivity index (χ1) is 33.5. The van der Waals surface area contributed by atoms with Gasteiger partial charge in [0.05, 0.1) is 11.0 Å². The highest BCUT2D eigenvalue weighted by Crippen LogP contribution is 2.39. The van der Waals surface area contributed by atoms with Crippen LogP contribution < -0.4 is 10.6 Å². The maximum atomic E-state index is 15.3. The van der Waals surface area contributed by atoms with Crippen LogP contribution in [0.25, 0.3) is 28.2 Å². The Morgan fingerprint density at radius 3 is 2.36 bits per heavy atom. The summed E-state index contributed by atoms with van der Waals surface area (Å²) in [5.74, 6) is 1.67. The number of imide groups is 1. The molecule has 13 heteroatoms. The number of nitrogens with one attached hydrogen (secondary N) is 3. The van der Waals surface area contributed by atoms with Crippen molar-refractivity contribution >= 4 is 40.5 Å². The molecule has 12 nitrogen and oxygen atoms in total. The smallest absolute Gasteiger partial charge is 0.253 e. The Hall–Kier alpha value is -5.76. The Kier molecular flexibility index (Phi) is 13.8. The van der Waals surface area contributed by atoms with Crippen LogP contribution in [0, 0.1) is 17.7 Å². The number of rotatable bonds is 12. The second-order valence-corrected chi connectivity index (χ2v) is 20.5. The van der Waals surface area contributed by atoms with E-state index in [9.17, 15) is 14.4 Å². The minimum absolute atomic E-state index is 0.102. The molecular weight excluding hydrogens is 868 g/mol. The predicted octanol–water partition coefficient (Wildman–Crippen LogP) is 9.26. The fourth-order valence-electron chi connectivity index (χ4n) is 11.8. The zero-order valence-corrected chi connectivity index (χ0v) is 40.6. The van der Waals surface area contributed by atoms with Crippen LogP contribution in [0.4, 0.5) is 10.1 Å². The third-order valence-electron chi connectivity index (χ3n) is 16.2. The van der Waals surface area contributed by atoms with E-state index < -0.39 is 6.04 Å². The number of piperidine rings is 4. The number of hydrogen-bond acceptors (Lipinski definition) is 9. The minimum atomic E-state index is -0.537. The zero-order valence-electron chi connectivity index (χ0n) is 40.6. The van der Waals surface area contributed by atoms with Crippen LogP contribution in [-0.2, 0) is 20.7 Å². The number of aromatic amines is 1. The molecule has 6 heterocycles. The van der Waals surface area contributed by atoms with E-state index in [2.05, 4.69) is 93.9 Å². The van der Waals surface area contributed by atoms with Crippen molar-refractivity contribution in [3.63, 3.8) is 0 Å². The number of H-pyrrole nitrogens is 1. The van der Waals surface area contributed by atoms with E-state index in [0.717, 1.165) is 130 Å². The van der Waals surface area contributed by atoms with Crippen molar-refractivity contribution in [2.45, 2.75) is 109 Å². The third kappa shape index (κ3) is 10.1. The number of amides is 3. The molecule has 0 bridgehead atoms. The zero-order chi connectivity index (χ0) is 47.8. The van der Waals surface area contributed by atoms with Crippen molar-refractivity contribution in [1.29, 1.82) is 0 Å². The molecule has 1 aliphatic carbocycles. The van der Waals surface area contributed by atoms with Gasteiger partial charge in [0.1, 0.15) is 23.8 Å². The predicted molar refractivity (Wildman–Crippen MR) is 268 cm³/mol. The molecule has 2 unspecified atom stereocenters. The first-order valence-corrected chi connectivity index (χ1v) is 25.5. The monoisotopic (exact) mass is 935 g/mol. The number of likely N-dealkylation sites (tertiary alicyclic amines) is 3. The van der Waals surface area contributed by atoms with Crippen LogP contribution >= 0.6 is 0 Å². The largest absolute Gasteiger partial charge is 0.374 e. The Bertz CT molecular complexity index is 2710. The fourth-order valence-corrected chi connectivity index (χ4v) is 11.8. The summed E-state index contributed by atoms with van der Waals surface area (Å²) >= 11 is 0. The second kappa shape index (κ2) is 20.3. The lowest BCUT2D eigenvalue weighted by Gasteiger charge is -2.39. The molecule has 4 atom stereocenters. The molecule has 10 rings (SSSR count). The standard InChI is InChI=1S/C56H67FN8O4/c1-34-29-51-47(44(15-22-58-51)42-9-12-49-52(30-42)61-54(60-49)36(3)69-4)32-46(34)35(2)64-27-20-39(21-28-64)38-5-7-41(8-6-38)56(68)65-25-16-37(17-26-65)33-63-23-18-40(19-24-63)45-11-10-43(31-48(45)57)59-50-13-14-53(66)62-55(50)67/h5-12,15,22,30-32,34-37,39-40,50,59H,13-14,16-21,23-29,33H2,1-4H3,(H,60,61)(H,62,66,67)/t34?,35-,36-,50?/m0/s1. The molecule has 4 aliphatic heterocycles. The summed E-state index contributed by atoms with van der Waals surface area (Å²) < 4.78 is 20.8. The summed E-state index contributed by atoms with van der Waals surface area (Å²) in [4.78, 5) is 57.6. The second-order valence-electron chi connectivity index (χ2n) is 20.5. The van der Waals surface area contributed by atoms with E-state index in [1.165, 1.54) is 28.3 Å². The molecule has 0 saturated carbocycles. The number of imidazole rings is 1. The maximum absolute atomic E-state index is 15.3. The molecule has 4 saturated heterocycles. The molecular formula is C56H67FN8O4. The highest BCUT2D eigenvalue weighted by molar-refractivity contribution is 6.01. The number of fused-ring (bicyclic) bond motifs is 2. The topological polar surface area (TPSA) is 136 Å². The summed E-state index contributed by atoms with van der Waals surface area (Å²) in [7, 11) is 1.70. The van der Waals surface area contributed by atoms with E-state index in [4.69, 9.17) is 14.7 Å². The SMILES string of the molecule is CO[C@@H](C)c1nc2ccc(-c3ccnc4c3C=C([C@H](C)N3CCC(c5ccc(C(=O)N6CCC(CN7CCC(c8ccc(NC9CCC(=O)NC9=O)cc8F)CC7)CC6)cc5)CC3)C(C)C4)cc2[nH]1. The molecule has 362 valence electrons. The van der Waals surface area contributed by atoms with E-state index in [1.807, 2.05) is 30.2 Å². The molecule has 4 fully saturated rings. The lowest BCUT2D eigenvalue weighted by atomic mass is 9.80. The van der Waals surface area contributed by atoms with Gasteiger partial charge in [-0.25, -0.2) is 9.37 Å². The van der Waals surface area contributed by atoms with Crippen molar-refractivity contribution in [2.24, 2.45) is 11.8 Å². The van der Waals surface area contributed by atoms with E-state index in [1.54, 1.807) is 7.11 Å². The summed E-state index contributed by atoms with van der Waals surface area (Å²) in [6.07, 6.45) is 11.9. The number of carbonyl (C=O) groups is 3. The summed E-state index contributed by atoms with van der Waals surface area (Å²) in [6, 6.07) is 22.1. The molecule has 5 aromatic rings. The summed E-state index contributed by atoms with van der Waals surface area (Å²) in [5, 5.41) is 5.43. The Labute approximate surface area is 405 Å². The molecule has 3 amide bonds. The fraction of sp³-hybridized carbons (Fsp3) is 0.482. The first-order valence-electron chi connectivity index (χ1n) is 25.5. The molecule has 3 aromatic carbocycles. The number of ether oxygens (including phenoxy) is 1. The van der Waals surface area contributed by atoms with Gasteiger partial charge in [-0.05, 0) is 185 Å². The van der Waals surface area contributed by atoms with Gasteiger partial charge in [0.2, 0.25) is 11.8 Å². The number of anilines is 1. The van der Waals surface area contributed by atoms with Crippen molar-refractivity contribution in [3.05, 3.63) is 118 Å². The van der Waals surface area contributed by atoms with Crippen LogP contribution in [-0.4, -0.2) is 112 Å². The highest BCUT2D eigenvalue weighted by Gasteiger charge is 2.33. The van der Waals surface area contributed by atoms with Gasteiger partial charge in [-0.15, -0.1) is 0 Å². The molecule has 3 N–H and O–H groups in total. The van der Waals surface area contributed by atoms with E-state index >= 15 is 4.39 Å². The molecule has 69 heavy (non-hydrogen) atoms. The number of benzene rings is 3. The van der Waals surface area contributed by atoms with E-state index in [0.29, 0.717) is 35.9 Å². The molecule has 0 radical (unpaired) electrons. The van der Waals surface area contributed by atoms with Crippen molar-refractivity contribution in [3.8, 4) is 11.1 Å². The van der Waals surface area contributed by atoms with Gasteiger partial charge < -0.3 is 24.8 Å². The van der Waals surface area contributed by atoms with Crippen molar-refractivity contribution < 1.29 is 23.5 Å². The van der Waals surface area contributed by atoms with Crippen LogP contribution in [0.1, 0.15) is 129 Å². The molecule has 2 aromatic heterocycles. The minimum Gasteiger partial charge on any atom is -0.374 e. The Morgan fingerprint density at radius 2 is 1.64 bits per heavy atom. The number of aromatic nitrogens is 3. The van der Waals surface area contributed by atoms with Crippen molar-refractivity contribution in [2.75, 3.05) is 58.2 Å². The van der Waals surface area contributed by atoms with E-state index in [-0.39, 0.29) is 42.0 Å². The number of pyridine rings is 1. The van der Waals surface area contributed by atoms with Crippen LogP contribution in [0.2, 0.25) is 0 Å². The maximum Gasteiger partial charge on any atom is 0.253 e. The normalized spacial score (nSPS) is 22.3. The third-order valence-corrected chi connectivity index (χ3v) is 16.2.